The molecule has 0 fully saturated rings. The fourth-order valence-electron chi connectivity index (χ4n) is 2.09. The molecule has 0 radical (unpaired) electrons. The summed E-state index contributed by atoms with van der Waals surface area (Å²) in [7, 11) is 0. The fourth-order valence-corrected chi connectivity index (χ4v) is 2.30. The first-order valence-corrected chi connectivity index (χ1v) is 6.15. The molecule has 2 nitrogen and oxygen atoms in total. The van der Waals surface area contributed by atoms with Crippen molar-refractivity contribution in [3.8, 4) is 17.3 Å². The maximum absolute atomic E-state index is 8.96. The smallest absolute Gasteiger partial charge is 0.121 e. The number of nitrogens with one attached hydrogen (secondary N) is 1. The highest BCUT2D eigenvalue weighted by Gasteiger charge is 2.08. The van der Waals surface area contributed by atoms with E-state index in [2.05, 4.69) is 43.1 Å². The largest absolute Gasteiger partial charge is 0.345 e. The third kappa shape index (κ3) is 2.20. The number of aromatic nitrogens is 1. The molecule has 0 aliphatic rings. The van der Waals surface area contributed by atoms with Crippen LogP contribution in [0.2, 0.25) is 0 Å². The van der Waals surface area contributed by atoms with E-state index in [4.69, 9.17) is 17.5 Å². The SMILES string of the molecule is Cc1ccc(-c2[nH]c(=S)c(C#N)cc2C)c(C)c1. The van der Waals surface area contributed by atoms with Gasteiger partial charge in [-0.25, -0.2) is 0 Å². The molecular formula is C15H14N2S. The Morgan fingerprint density at radius 1 is 1.11 bits per heavy atom. The second-order valence-electron chi connectivity index (χ2n) is 4.50. The summed E-state index contributed by atoms with van der Waals surface area (Å²) in [5, 5.41) is 8.96. The van der Waals surface area contributed by atoms with Gasteiger partial charge in [0.15, 0.2) is 0 Å². The maximum Gasteiger partial charge on any atom is 0.121 e. The van der Waals surface area contributed by atoms with Gasteiger partial charge in [0.25, 0.3) is 0 Å². The topological polar surface area (TPSA) is 39.6 Å². The van der Waals surface area contributed by atoms with Gasteiger partial charge in [0.05, 0.1) is 5.56 Å². The highest BCUT2D eigenvalue weighted by Crippen LogP contribution is 2.26. The molecule has 0 bridgehead atoms. The van der Waals surface area contributed by atoms with Gasteiger partial charge in [-0.3, -0.25) is 0 Å². The molecule has 0 saturated carbocycles. The summed E-state index contributed by atoms with van der Waals surface area (Å²) in [5.74, 6) is 0. The van der Waals surface area contributed by atoms with Gasteiger partial charge in [-0.1, -0.05) is 36.0 Å². The molecule has 0 atom stereocenters. The van der Waals surface area contributed by atoms with Crippen LogP contribution in [0.25, 0.3) is 11.3 Å². The molecule has 0 aliphatic heterocycles. The van der Waals surface area contributed by atoms with Crippen LogP contribution in [0.3, 0.4) is 0 Å². The maximum atomic E-state index is 8.96. The number of nitriles is 1. The van der Waals surface area contributed by atoms with E-state index in [1.807, 2.05) is 13.0 Å². The molecule has 3 heteroatoms. The van der Waals surface area contributed by atoms with Gasteiger partial charge in [-0.05, 0) is 38.0 Å². The van der Waals surface area contributed by atoms with Gasteiger partial charge in [0.2, 0.25) is 0 Å². The van der Waals surface area contributed by atoms with E-state index in [9.17, 15) is 0 Å². The van der Waals surface area contributed by atoms with Crippen molar-refractivity contribution in [1.29, 1.82) is 5.26 Å². The van der Waals surface area contributed by atoms with Crippen LogP contribution in [0.1, 0.15) is 22.3 Å². The van der Waals surface area contributed by atoms with Crippen LogP contribution < -0.4 is 0 Å². The molecule has 0 saturated heterocycles. The van der Waals surface area contributed by atoms with Gasteiger partial charge in [-0.15, -0.1) is 0 Å². The average molecular weight is 254 g/mol. The predicted molar refractivity (Wildman–Crippen MR) is 76.0 cm³/mol. The lowest BCUT2D eigenvalue weighted by Crippen LogP contribution is -1.94. The second-order valence-corrected chi connectivity index (χ2v) is 4.91. The predicted octanol–water partition coefficient (Wildman–Crippen LogP) is 4.21. The zero-order valence-electron chi connectivity index (χ0n) is 10.7. The summed E-state index contributed by atoms with van der Waals surface area (Å²) >= 11 is 5.19. The van der Waals surface area contributed by atoms with Gasteiger partial charge >= 0.3 is 0 Å². The van der Waals surface area contributed by atoms with Crippen molar-refractivity contribution < 1.29 is 0 Å². The number of benzene rings is 1. The molecule has 0 aliphatic carbocycles. The number of hydrogen-bond donors (Lipinski definition) is 1. The van der Waals surface area contributed by atoms with E-state index in [0.717, 1.165) is 16.8 Å². The molecule has 90 valence electrons. The standard InChI is InChI=1S/C15H14N2S/c1-9-4-5-13(10(2)6-9)14-11(3)7-12(8-16)15(18)17-14/h4-7H,1-3H3,(H,17,18). The molecule has 0 unspecified atom stereocenters. The molecular weight excluding hydrogens is 240 g/mol. The van der Waals surface area contributed by atoms with Gasteiger partial charge in [-0.2, -0.15) is 5.26 Å². The Morgan fingerprint density at radius 3 is 2.44 bits per heavy atom. The molecule has 2 rings (SSSR count). The van der Waals surface area contributed by atoms with Crippen LogP contribution in [0.4, 0.5) is 0 Å². The van der Waals surface area contributed by atoms with E-state index in [-0.39, 0.29) is 0 Å². The normalized spacial score (nSPS) is 10.1. The molecule has 1 N–H and O–H groups in total. The molecule has 0 spiro atoms. The summed E-state index contributed by atoms with van der Waals surface area (Å²) in [6, 6.07) is 10.3. The lowest BCUT2D eigenvalue weighted by molar-refractivity contribution is 1.21. The van der Waals surface area contributed by atoms with Gasteiger partial charge in [0.1, 0.15) is 10.7 Å². The Bertz CT molecular complexity index is 705. The first kappa shape index (κ1) is 12.5. The van der Waals surface area contributed by atoms with Crippen LogP contribution in [0, 0.1) is 36.7 Å². The van der Waals surface area contributed by atoms with Gasteiger partial charge in [0, 0.05) is 11.3 Å². The monoisotopic (exact) mass is 254 g/mol. The van der Waals surface area contributed by atoms with Crippen molar-refractivity contribution >= 4 is 12.2 Å². The lowest BCUT2D eigenvalue weighted by Gasteiger charge is -2.10. The Morgan fingerprint density at radius 2 is 1.83 bits per heavy atom. The number of nitrogens with zero attached hydrogens (tertiary/aromatic N) is 1. The van der Waals surface area contributed by atoms with E-state index in [0.29, 0.717) is 10.2 Å². The van der Waals surface area contributed by atoms with E-state index in [1.165, 1.54) is 11.1 Å². The fraction of sp³-hybridized carbons (Fsp3) is 0.200. The van der Waals surface area contributed by atoms with Crippen LogP contribution in [0.15, 0.2) is 24.3 Å². The minimum atomic E-state index is 0.498. The zero-order valence-corrected chi connectivity index (χ0v) is 11.5. The molecule has 1 heterocycles. The molecule has 18 heavy (non-hydrogen) atoms. The number of H-pyrrole nitrogens is 1. The first-order valence-electron chi connectivity index (χ1n) is 5.74. The molecule has 1 aromatic carbocycles. The summed E-state index contributed by atoms with van der Waals surface area (Å²) in [4.78, 5) is 3.16. The number of aryl methyl sites for hydroxylation is 3. The summed E-state index contributed by atoms with van der Waals surface area (Å²) in [5.41, 5.74) is 6.13. The second kappa shape index (κ2) is 4.75. The van der Waals surface area contributed by atoms with Crippen LogP contribution in [-0.2, 0) is 0 Å². The minimum Gasteiger partial charge on any atom is -0.345 e. The average Bonchev–Trinajstić information content (AvgIpc) is 2.32. The quantitative estimate of drug-likeness (QED) is 0.774. The Balaban J connectivity index is 2.69. The van der Waals surface area contributed by atoms with Crippen molar-refractivity contribution in [3.63, 3.8) is 0 Å². The molecule has 1 aromatic heterocycles. The Kier molecular flexibility index (Phi) is 3.31. The summed E-state index contributed by atoms with van der Waals surface area (Å²) in [6.07, 6.45) is 0. The first-order chi connectivity index (χ1) is 8.52. The summed E-state index contributed by atoms with van der Waals surface area (Å²) in [6.45, 7) is 6.14. The van der Waals surface area contributed by atoms with Crippen molar-refractivity contribution in [2.24, 2.45) is 0 Å². The highest BCUT2D eigenvalue weighted by atomic mass is 32.1. The molecule has 0 amide bonds. The van der Waals surface area contributed by atoms with Crippen molar-refractivity contribution in [2.75, 3.05) is 0 Å². The summed E-state index contributed by atoms with van der Waals surface area (Å²) < 4.78 is 0.498. The van der Waals surface area contributed by atoms with E-state index < -0.39 is 0 Å². The van der Waals surface area contributed by atoms with E-state index in [1.54, 1.807) is 0 Å². The highest BCUT2D eigenvalue weighted by molar-refractivity contribution is 7.71. The van der Waals surface area contributed by atoms with E-state index >= 15 is 0 Å². The van der Waals surface area contributed by atoms with Crippen LogP contribution in [-0.4, -0.2) is 4.98 Å². The van der Waals surface area contributed by atoms with Crippen LogP contribution >= 0.6 is 12.2 Å². The zero-order chi connectivity index (χ0) is 13.3. The Labute approximate surface area is 112 Å². The van der Waals surface area contributed by atoms with Crippen molar-refractivity contribution in [3.05, 3.63) is 51.2 Å². The number of rotatable bonds is 1. The number of pyridine rings is 1. The lowest BCUT2D eigenvalue weighted by atomic mass is 9.99. The van der Waals surface area contributed by atoms with Crippen molar-refractivity contribution in [2.45, 2.75) is 20.8 Å². The number of aromatic amines is 1. The third-order valence-corrected chi connectivity index (χ3v) is 3.33. The minimum absolute atomic E-state index is 0.498. The van der Waals surface area contributed by atoms with Crippen LogP contribution in [0.5, 0.6) is 0 Å². The third-order valence-electron chi connectivity index (χ3n) is 3.01. The van der Waals surface area contributed by atoms with Gasteiger partial charge < -0.3 is 4.98 Å². The molecule has 2 aromatic rings. The number of hydrogen-bond acceptors (Lipinski definition) is 2. The van der Waals surface area contributed by atoms with Crippen molar-refractivity contribution in [1.82, 2.24) is 4.98 Å². The Hall–Kier alpha value is -1.92.